The molecular formula is C12H20N4OS. The van der Waals surface area contributed by atoms with Crippen LogP contribution in [0.15, 0.2) is 6.07 Å². The maximum absolute atomic E-state index is 11.4. The molecule has 0 atom stereocenters. The minimum Gasteiger partial charge on any atom is -0.370 e. The molecule has 6 heteroatoms. The summed E-state index contributed by atoms with van der Waals surface area (Å²) in [5.74, 6) is 4.07. The summed E-state index contributed by atoms with van der Waals surface area (Å²) in [5.41, 5.74) is 0. The van der Waals surface area contributed by atoms with Gasteiger partial charge in [0, 0.05) is 48.0 Å². The second kappa shape index (κ2) is 6.13. The van der Waals surface area contributed by atoms with Crippen molar-refractivity contribution in [2.24, 2.45) is 0 Å². The monoisotopic (exact) mass is 268 g/mol. The lowest BCUT2D eigenvalue weighted by molar-refractivity contribution is 0.672. The molecule has 100 valence electrons. The van der Waals surface area contributed by atoms with Crippen molar-refractivity contribution in [2.75, 3.05) is 41.4 Å². The second-order valence-electron chi connectivity index (χ2n) is 4.42. The van der Waals surface area contributed by atoms with E-state index in [0.717, 1.165) is 55.0 Å². The Bertz CT molecular complexity index is 428. The zero-order chi connectivity index (χ0) is 13.0. The van der Waals surface area contributed by atoms with E-state index in [1.807, 2.05) is 13.0 Å². The van der Waals surface area contributed by atoms with Crippen LogP contribution in [-0.4, -0.2) is 45.3 Å². The fourth-order valence-corrected chi connectivity index (χ4v) is 2.98. The lowest BCUT2D eigenvalue weighted by Gasteiger charge is -2.27. The van der Waals surface area contributed by atoms with Crippen molar-refractivity contribution in [3.8, 4) is 0 Å². The Kier molecular flexibility index (Phi) is 4.52. The third-order valence-corrected chi connectivity index (χ3v) is 4.16. The number of rotatable bonds is 4. The number of aromatic nitrogens is 2. The molecule has 0 aliphatic carbocycles. The van der Waals surface area contributed by atoms with Crippen LogP contribution in [0.1, 0.15) is 19.2 Å². The Morgan fingerprint density at radius 1 is 1.39 bits per heavy atom. The minimum atomic E-state index is -0.651. The van der Waals surface area contributed by atoms with E-state index in [0.29, 0.717) is 0 Å². The van der Waals surface area contributed by atoms with Crippen molar-refractivity contribution in [3.63, 3.8) is 0 Å². The van der Waals surface area contributed by atoms with Gasteiger partial charge in [-0.1, -0.05) is 6.92 Å². The average molecular weight is 268 g/mol. The van der Waals surface area contributed by atoms with Crippen LogP contribution in [0.5, 0.6) is 0 Å². The molecule has 1 aromatic heterocycles. The summed E-state index contributed by atoms with van der Waals surface area (Å²) < 4.78 is 11.4. The topological polar surface area (TPSA) is 58.1 Å². The first kappa shape index (κ1) is 13.3. The van der Waals surface area contributed by atoms with Crippen LogP contribution in [0.25, 0.3) is 0 Å². The molecule has 18 heavy (non-hydrogen) atoms. The smallest absolute Gasteiger partial charge is 0.134 e. The van der Waals surface area contributed by atoms with Gasteiger partial charge in [0.1, 0.15) is 17.5 Å². The van der Waals surface area contributed by atoms with E-state index < -0.39 is 10.8 Å². The summed E-state index contributed by atoms with van der Waals surface area (Å²) in [6.45, 7) is 6.58. The van der Waals surface area contributed by atoms with Crippen molar-refractivity contribution in [1.29, 1.82) is 0 Å². The van der Waals surface area contributed by atoms with Gasteiger partial charge in [-0.15, -0.1) is 0 Å². The van der Waals surface area contributed by atoms with Gasteiger partial charge < -0.3 is 10.2 Å². The highest BCUT2D eigenvalue weighted by Crippen LogP contribution is 2.17. The lowest BCUT2D eigenvalue weighted by Crippen LogP contribution is -2.38. The maximum atomic E-state index is 11.4. The van der Waals surface area contributed by atoms with Gasteiger partial charge in [0.25, 0.3) is 0 Å². The van der Waals surface area contributed by atoms with Crippen LogP contribution >= 0.6 is 0 Å². The SMILES string of the molecule is CCCNc1cc(N2CCS(=O)CC2)nc(C)n1. The first-order chi connectivity index (χ1) is 8.69. The van der Waals surface area contributed by atoms with E-state index in [4.69, 9.17) is 0 Å². The number of nitrogens with one attached hydrogen (secondary N) is 1. The highest BCUT2D eigenvalue weighted by molar-refractivity contribution is 7.85. The average Bonchev–Trinajstić information content (AvgIpc) is 2.36. The molecule has 0 unspecified atom stereocenters. The second-order valence-corrected chi connectivity index (χ2v) is 6.12. The quantitative estimate of drug-likeness (QED) is 0.888. The normalized spacial score (nSPS) is 16.9. The maximum Gasteiger partial charge on any atom is 0.134 e. The zero-order valence-electron chi connectivity index (χ0n) is 11.0. The number of hydrogen-bond acceptors (Lipinski definition) is 5. The van der Waals surface area contributed by atoms with Gasteiger partial charge in [0.2, 0.25) is 0 Å². The summed E-state index contributed by atoms with van der Waals surface area (Å²) in [4.78, 5) is 11.0. The Balaban J connectivity index is 2.11. The third kappa shape index (κ3) is 3.41. The Labute approximate surface area is 110 Å². The number of anilines is 2. The predicted octanol–water partition coefficient (Wildman–Crippen LogP) is 1.18. The van der Waals surface area contributed by atoms with Crippen LogP contribution in [0.3, 0.4) is 0 Å². The molecule has 0 bridgehead atoms. The first-order valence-electron chi connectivity index (χ1n) is 6.38. The molecule has 1 aliphatic rings. The molecule has 5 nitrogen and oxygen atoms in total. The Morgan fingerprint density at radius 2 is 2.11 bits per heavy atom. The van der Waals surface area contributed by atoms with Gasteiger partial charge in [-0.2, -0.15) is 0 Å². The van der Waals surface area contributed by atoms with Gasteiger partial charge in [-0.05, 0) is 13.3 Å². The van der Waals surface area contributed by atoms with Crippen molar-refractivity contribution >= 4 is 22.4 Å². The van der Waals surface area contributed by atoms with Crippen molar-refractivity contribution in [3.05, 3.63) is 11.9 Å². The summed E-state index contributed by atoms with van der Waals surface area (Å²) in [6.07, 6.45) is 1.07. The minimum absolute atomic E-state index is 0.651. The number of aryl methyl sites for hydroxylation is 1. The fourth-order valence-electron chi connectivity index (χ4n) is 1.92. The predicted molar refractivity (Wildman–Crippen MR) is 75.6 cm³/mol. The molecule has 0 radical (unpaired) electrons. The molecule has 1 N–H and O–H groups in total. The molecule has 1 fully saturated rings. The molecule has 0 spiro atoms. The molecule has 1 aliphatic heterocycles. The van der Waals surface area contributed by atoms with Crippen LogP contribution in [-0.2, 0) is 10.8 Å². The van der Waals surface area contributed by atoms with E-state index in [1.54, 1.807) is 0 Å². The number of hydrogen-bond donors (Lipinski definition) is 1. The lowest BCUT2D eigenvalue weighted by atomic mass is 10.4. The van der Waals surface area contributed by atoms with Gasteiger partial charge >= 0.3 is 0 Å². The third-order valence-electron chi connectivity index (χ3n) is 2.88. The standard InChI is InChI=1S/C12H20N4OS/c1-3-4-13-11-9-12(15-10(2)14-11)16-5-7-18(17)8-6-16/h9H,3-8H2,1-2H3,(H,13,14,15). The molecule has 0 aromatic carbocycles. The summed E-state index contributed by atoms with van der Waals surface area (Å²) in [6, 6.07) is 1.98. The molecule has 2 heterocycles. The molecule has 0 saturated carbocycles. The Morgan fingerprint density at radius 3 is 2.78 bits per heavy atom. The Hall–Kier alpha value is -1.17. The summed E-state index contributed by atoms with van der Waals surface area (Å²) in [5, 5.41) is 3.29. The van der Waals surface area contributed by atoms with E-state index in [2.05, 4.69) is 27.1 Å². The molecule has 1 aromatic rings. The molecular weight excluding hydrogens is 248 g/mol. The van der Waals surface area contributed by atoms with Crippen molar-refractivity contribution < 1.29 is 4.21 Å². The highest BCUT2D eigenvalue weighted by atomic mass is 32.2. The van der Waals surface area contributed by atoms with Gasteiger partial charge in [0.15, 0.2) is 0 Å². The number of nitrogens with zero attached hydrogens (tertiary/aromatic N) is 3. The van der Waals surface area contributed by atoms with Crippen LogP contribution in [0.2, 0.25) is 0 Å². The van der Waals surface area contributed by atoms with Crippen molar-refractivity contribution in [2.45, 2.75) is 20.3 Å². The first-order valence-corrected chi connectivity index (χ1v) is 7.87. The molecule has 0 amide bonds. The van der Waals surface area contributed by atoms with Crippen LogP contribution < -0.4 is 10.2 Å². The molecule has 1 saturated heterocycles. The van der Waals surface area contributed by atoms with Gasteiger partial charge in [-0.3, -0.25) is 4.21 Å². The fraction of sp³-hybridized carbons (Fsp3) is 0.667. The van der Waals surface area contributed by atoms with E-state index in [-0.39, 0.29) is 0 Å². The highest BCUT2D eigenvalue weighted by Gasteiger charge is 2.17. The van der Waals surface area contributed by atoms with Gasteiger partial charge in [0.05, 0.1) is 0 Å². The van der Waals surface area contributed by atoms with Gasteiger partial charge in [-0.25, -0.2) is 9.97 Å². The van der Waals surface area contributed by atoms with Crippen LogP contribution in [0.4, 0.5) is 11.6 Å². The van der Waals surface area contributed by atoms with Crippen molar-refractivity contribution in [1.82, 2.24) is 9.97 Å². The largest absolute Gasteiger partial charge is 0.370 e. The summed E-state index contributed by atoms with van der Waals surface area (Å²) >= 11 is 0. The summed E-state index contributed by atoms with van der Waals surface area (Å²) in [7, 11) is -0.651. The van der Waals surface area contributed by atoms with E-state index >= 15 is 0 Å². The zero-order valence-corrected chi connectivity index (χ0v) is 11.8. The van der Waals surface area contributed by atoms with Crippen LogP contribution in [0, 0.1) is 6.92 Å². The van der Waals surface area contributed by atoms with E-state index in [9.17, 15) is 4.21 Å². The van der Waals surface area contributed by atoms with E-state index in [1.165, 1.54) is 0 Å². The molecule has 2 rings (SSSR count).